The first kappa shape index (κ1) is 31.5. The minimum atomic E-state index is -0.941. The van der Waals surface area contributed by atoms with Crippen LogP contribution in [0.1, 0.15) is 48.5 Å². The number of nitrogens with two attached hydrogens (primary N) is 1. The maximum Gasteiger partial charge on any atom is 0.335 e. The molecule has 11 nitrogen and oxygen atoms in total. The Hall–Kier alpha value is -5.03. The third kappa shape index (κ3) is 9.27. The van der Waals surface area contributed by atoms with Crippen molar-refractivity contribution >= 4 is 29.5 Å². The van der Waals surface area contributed by atoms with Crippen LogP contribution in [-0.2, 0) is 14.4 Å². The van der Waals surface area contributed by atoms with Gasteiger partial charge in [0.2, 0.25) is 11.8 Å². The molecule has 0 aliphatic carbocycles. The molecule has 220 valence electrons. The van der Waals surface area contributed by atoms with Gasteiger partial charge >= 0.3 is 6.03 Å². The van der Waals surface area contributed by atoms with E-state index < -0.39 is 48.4 Å². The number of rotatable bonds is 13. The van der Waals surface area contributed by atoms with Gasteiger partial charge in [-0.2, -0.15) is 5.10 Å². The van der Waals surface area contributed by atoms with E-state index in [2.05, 4.69) is 31.8 Å². The van der Waals surface area contributed by atoms with Gasteiger partial charge in [-0.15, -0.1) is 0 Å². The van der Waals surface area contributed by atoms with E-state index in [1.807, 2.05) is 67.6 Å². The van der Waals surface area contributed by atoms with Crippen molar-refractivity contribution < 1.29 is 19.2 Å². The van der Waals surface area contributed by atoms with Crippen molar-refractivity contribution in [1.82, 2.24) is 26.7 Å². The molecule has 0 saturated carbocycles. The molecule has 0 saturated heterocycles. The van der Waals surface area contributed by atoms with Crippen LogP contribution in [0.15, 0.2) is 96.1 Å². The Morgan fingerprint density at radius 2 is 1.31 bits per heavy atom. The van der Waals surface area contributed by atoms with Crippen LogP contribution < -0.4 is 32.4 Å². The number of carbonyl (C=O) groups is 4. The van der Waals surface area contributed by atoms with Crippen LogP contribution in [0, 0.1) is 0 Å². The van der Waals surface area contributed by atoms with Gasteiger partial charge in [0.15, 0.2) is 0 Å². The molecular formula is C31H37N7O4. The number of likely N-dealkylation sites (N-methyl/N-ethyl adjacent to an activating group) is 1. The first-order valence-corrected chi connectivity index (χ1v) is 13.7. The number of urea groups is 1. The highest BCUT2D eigenvalue weighted by Gasteiger charge is 2.24. The molecular weight excluding hydrogens is 534 g/mol. The lowest BCUT2D eigenvalue weighted by Crippen LogP contribution is -2.48. The largest absolute Gasteiger partial charge is 0.357 e. The predicted molar refractivity (Wildman–Crippen MR) is 161 cm³/mol. The number of hydrogen-bond donors (Lipinski definition) is 6. The molecule has 0 heterocycles. The quantitative estimate of drug-likeness (QED) is 0.137. The van der Waals surface area contributed by atoms with Gasteiger partial charge in [-0.1, -0.05) is 104 Å². The van der Waals surface area contributed by atoms with Gasteiger partial charge in [-0.3, -0.25) is 14.4 Å². The summed E-state index contributed by atoms with van der Waals surface area (Å²) in [5.41, 5.74) is 10.8. The Morgan fingerprint density at radius 3 is 1.81 bits per heavy atom. The molecule has 5 amide bonds. The second-order valence-electron chi connectivity index (χ2n) is 9.44. The van der Waals surface area contributed by atoms with E-state index in [0.717, 1.165) is 11.1 Å². The van der Waals surface area contributed by atoms with Gasteiger partial charge in [0.25, 0.3) is 5.91 Å². The molecule has 0 aliphatic rings. The van der Waals surface area contributed by atoms with Crippen molar-refractivity contribution in [2.45, 2.75) is 37.9 Å². The average molecular weight is 572 g/mol. The summed E-state index contributed by atoms with van der Waals surface area (Å²) in [6, 6.07) is 24.8. The zero-order valence-electron chi connectivity index (χ0n) is 23.7. The summed E-state index contributed by atoms with van der Waals surface area (Å²) in [5.74, 6) is -1.72. The van der Waals surface area contributed by atoms with Crippen molar-refractivity contribution in [3.05, 3.63) is 108 Å². The van der Waals surface area contributed by atoms with Gasteiger partial charge in [0.1, 0.15) is 11.8 Å². The van der Waals surface area contributed by atoms with Crippen molar-refractivity contribution in [2.24, 2.45) is 10.8 Å². The monoisotopic (exact) mass is 571 g/mol. The standard InChI is InChI=1S/C31H37N7O4/c1-3-13-24(32)28(30(41)34-20-25(39)35-27(29(40)33-2)23-18-11-6-12-19-23)37-38-31(42)36-26(21-14-7-4-8-15-21)22-16-9-5-10-17-22/h4-12,14-19,24,26-27H,3,13,20,32H2,1-2H3,(H,33,40)(H,34,41)(H,35,39)(H2,36,38,42)/b37-28+. The first-order chi connectivity index (χ1) is 20.3. The van der Waals surface area contributed by atoms with E-state index in [-0.39, 0.29) is 5.71 Å². The third-order valence-electron chi connectivity index (χ3n) is 6.36. The van der Waals surface area contributed by atoms with E-state index in [1.165, 1.54) is 7.05 Å². The molecule has 0 aromatic heterocycles. The summed E-state index contributed by atoms with van der Waals surface area (Å²) >= 11 is 0. The molecule has 0 bridgehead atoms. The summed E-state index contributed by atoms with van der Waals surface area (Å²) in [7, 11) is 1.47. The number of hydrazone groups is 1. The summed E-state index contributed by atoms with van der Waals surface area (Å²) in [5, 5.41) is 14.5. The Balaban J connectivity index is 1.68. The minimum absolute atomic E-state index is 0.137. The second-order valence-corrected chi connectivity index (χ2v) is 9.44. The number of amides is 5. The normalized spacial score (nSPS) is 12.5. The predicted octanol–water partition coefficient (Wildman–Crippen LogP) is 2.28. The number of carbonyl (C=O) groups excluding carboxylic acids is 4. The molecule has 3 aromatic carbocycles. The Bertz CT molecular complexity index is 1310. The zero-order chi connectivity index (χ0) is 30.3. The Labute approximate surface area is 245 Å². The summed E-state index contributed by atoms with van der Waals surface area (Å²) in [6.07, 6.45) is 1.08. The van der Waals surface area contributed by atoms with E-state index in [0.29, 0.717) is 18.4 Å². The number of hydrogen-bond acceptors (Lipinski definition) is 6. The molecule has 7 N–H and O–H groups in total. The molecule has 11 heteroatoms. The zero-order valence-corrected chi connectivity index (χ0v) is 23.7. The molecule has 2 atom stereocenters. The highest BCUT2D eigenvalue weighted by Crippen LogP contribution is 2.21. The minimum Gasteiger partial charge on any atom is -0.357 e. The molecule has 2 unspecified atom stereocenters. The van der Waals surface area contributed by atoms with Crippen LogP contribution in [-0.4, -0.2) is 49.1 Å². The lowest BCUT2D eigenvalue weighted by Gasteiger charge is -2.20. The Morgan fingerprint density at radius 1 is 0.786 bits per heavy atom. The lowest BCUT2D eigenvalue weighted by molar-refractivity contribution is -0.129. The summed E-state index contributed by atoms with van der Waals surface area (Å²) in [4.78, 5) is 51.0. The highest BCUT2D eigenvalue weighted by atomic mass is 16.2. The second kappa shape index (κ2) is 16.3. The van der Waals surface area contributed by atoms with Gasteiger partial charge in [-0.25, -0.2) is 10.2 Å². The maximum atomic E-state index is 13.0. The van der Waals surface area contributed by atoms with Crippen LogP contribution in [0.3, 0.4) is 0 Å². The average Bonchev–Trinajstić information content (AvgIpc) is 3.02. The van der Waals surface area contributed by atoms with Gasteiger partial charge in [0.05, 0.1) is 18.6 Å². The fourth-order valence-corrected chi connectivity index (χ4v) is 4.23. The molecule has 0 spiro atoms. The topological polar surface area (TPSA) is 167 Å². The number of benzene rings is 3. The molecule has 0 radical (unpaired) electrons. The van der Waals surface area contributed by atoms with E-state index in [4.69, 9.17) is 5.73 Å². The van der Waals surface area contributed by atoms with E-state index in [9.17, 15) is 19.2 Å². The number of nitrogens with one attached hydrogen (secondary N) is 5. The highest BCUT2D eigenvalue weighted by molar-refractivity contribution is 6.41. The van der Waals surface area contributed by atoms with Crippen molar-refractivity contribution in [1.29, 1.82) is 0 Å². The Kier molecular flexibility index (Phi) is 12.2. The van der Waals surface area contributed by atoms with Crippen LogP contribution in [0.25, 0.3) is 0 Å². The summed E-state index contributed by atoms with van der Waals surface area (Å²) < 4.78 is 0. The van der Waals surface area contributed by atoms with Gasteiger partial charge in [0, 0.05) is 7.05 Å². The fourth-order valence-electron chi connectivity index (χ4n) is 4.23. The van der Waals surface area contributed by atoms with Crippen LogP contribution in [0.2, 0.25) is 0 Å². The van der Waals surface area contributed by atoms with E-state index >= 15 is 0 Å². The fraction of sp³-hybridized carbons (Fsp3) is 0.258. The van der Waals surface area contributed by atoms with Gasteiger partial charge < -0.3 is 27.0 Å². The van der Waals surface area contributed by atoms with Crippen LogP contribution in [0.5, 0.6) is 0 Å². The smallest absolute Gasteiger partial charge is 0.335 e. The van der Waals surface area contributed by atoms with Crippen molar-refractivity contribution in [2.75, 3.05) is 13.6 Å². The van der Waals surface area contributed by atoms with Crippen LogP contribution >= 0.6 is 0 Å². The lowest BCUT2D eigenvalue weighted by atomic mass is 9.99. The van der Waals surface area contributed by atoms with Crippen molar-refractivity contribution in [3.8, 4) is 0 Å². The third-order valence-corrected chi connectivity index (χ3v) is 6.36. The first-order valence-electron chi connectivity index (χ1n) is 13.7. The molecule has 42 heavy (non-hydrogen) atoms. The van der Waals surface area contributed by atoms with Gasteiger partial charge in [-0.05, 0) is 23.1 Å². The molecule has 3 rings (SSSR count). The van der Waals surface area contributed by atoms with Crippen LogP contribution in [0.4, 0.5) is 4.79 Å². The SMILES string of the molecule is CCCC(N)/C(=N\NC(=O)NC(c1ccccc1)c1ccccc1)C(=O)NCC(=O)NC(C(=O)NC)c1ccccc1. The molecule has 0 aliphatic heterocycles. The molecule has 0 fully saturated rings. The number of nitrogens with zero attached hydrogens (tertiary/aromatic N) is 1. The maximum absolute atomic E-state index is 13.0. The summed E-state index contributed by atoms with van der Waals surface area (Å²) in [6.45, 7) is 1.46. The molecule has 3 aromatic rings. The van der Waals surface area contributed by atoms with Crippen molar-refractivity contribution in [3.63, 3.8) is 0 Å². The van der Waals surface area contributed by atoms with E-state index in [1.54, 1.807) is 30.3 Å².